The number of hydrogen-bond acceptors (Lipinski definition) is 8. The van der Waals surface area contributed by atoms with Crippen LogP contribution < -0.4 is 5.73 Å². The molecule has 0 aliphatic carbocycles. The van der Waals surface area contributed by atoms with Gasteiger partial charge >= 0.3 is 5.97 Å². The van der Waals surface area contributed by atoms with Crippen LogP contribution in [0.1, 0.15) is 78.3 Å². The maximum Gasteiger partial charge on any atom is 0.309 e. The van der Waals surface area contributed by atoms with E-state index in [1.165, 1.54) is 6.26 Å². The number of esters is 1. The van der Waals surface area contributed by atoms with E-state index in [-0.39, 0.29) is 29.7 Å². The molecule has 0 fully saturated rings. The molecule has 0 radical (unpaired) electrons. The van der Waals surface area contributed by atoms with Crippen LogP contribution in [0, 0.1) is 17.3 Å². The number of nitrogens with two attached hydrogens (primary N) is 1. The number of carbonyl (C=O) groups excluding carboxylic acids is 2. The van der Waals surface area contributed by atoms with Gasteiger partial charge in [-0.25, -0.2) is 4.98 Å². The van der Waals surface area contributed by atoms with Gasteiger partial charge in [-0.3, -0.25) is 9.59 Å². The molecule has 2 heterocycles. The molecule has 196 valence electrons. The minimum atomic E-state index is -1.29. The average Bonchev–Trinajstić information content (AvgIpc) is 3.26. The summed E-state index contributed by atoms with van der Waals surface area (Å²) in [5, 5.41) is 21.8. The van der Waals surface area contributed by atoms with Crippen LogP contribution in [-0.4, -0.2) is 45.3 Å². The first-order chi connectivity index (χ1) is 16.4. The summed E-state index contributed by atoms with van der Waals surface area (Å²) in [7, 11) is 0. The second kappa shape index (κ2) is 12.8. The average molecular weight is 511 g/mol. The molecule has 2 rings (SSSR count). The lowest BCUT2D eigenvalue weighted by atomic mass is 9.73. The van der Waals surface area contributed by atoms with Gasteiger partial charge in [0.15, 0.2) is 0 Å². The highest BCUT2D eigenvalue weighted by atomic mass is 35.5. The minimum absolute atomic E-state index is 0.0847. The number of cyclic esters (lactones) is 1. The Morgan fingerprint density at radius 3 is 2.63 bits per heavy atom. The van der Waals surface area contributed by atoms with E-state index in [1.807, 2.05) is 19.9 Å². The molecule has 4 N–H and O–H groups in total. The van der Waals surface area contributed by atoms with Crippen molar-refractivity contribution in [3.8, 4) is 0 Å². The number of halogens is 1. The van der Waals surface area contributed by atoms with E-state index in [4.69, 9.17) is 26.5 Å². The van der Waals surface area contributed by atoms with Crippen molar-refractivity contribution in [1.29, 1.82) is 0 Å². The van der Waals surface area contributed by atoms with E-state index >= 15 is 0 Å². The predicted molar refractivity (Wildman–Crippen MR) is 134 cm³/mol. The summed E-state index contributed by atoms with van der Waals surface area (Å²) in [6, 6.07) is 0. The first kappa shape index (κ1) is 29.2. The first-order valence-corrected chi connectivity index (χ1v) is 12.5. The Labute approximate surface area is 212 Å². The number of rotatable bonds is 3. The zero-order valence-corrected chi connectivity index (χ0v) is 22.0. The van der Waals surface area contributed by atoms with Crippen molar-refractivity contribution < 1.29 is 29.0 Å². The van der Waals surface area contributed by atoms with Crippen molar-refractivity contribution in [3.05, 3.63) is 34.5 Å². The molecular formula is C26H39ClN2O6. The number of ketones is 1. The summed E-state index contributed by atoms with van der Waals surface area (Å²) < 4.78 is 10.9. The Balaban J connectivity index is 2.33. The fraction of sp³-hybridized carbons (Fsp3) is 0.654. The summed E-state index contributed by atoms with van der Waals surface area (Å²) >= 11 is 6.53. The maximum atomic E-state index is 13.2. The lowest BCUT2D eigenvalue weighted by Gasteiger charge is -2.34. The lowest BCUT2D eigenvalue weighted by molar-refractivity contribution is -0.153. The van der Waals surface area contributed by atoms with Crippen molar-refractivity contribution in [3.63, 3.8) is 0 Å². The van der Waals surface area contributed by atoms with Crippen molar-refractivity contribution in [2.24, 2.45) is 23.0 Å². The van der Waals surface area contributed by atoms with Gasteiger partial charge in [-0.1, -0.05) is 50.9 Å². The molecule has 1 aliphatic rings. The first-order valence-electron chi connectivity index (χ1n) is 12.1. The number of aliphatic hydroxyl groups is 2. The van der Waals surface area contributed by atoms with Crippen LogP contribution in [0.2, 0.25) is 0 Å². The third-order valence-corrected chi connectivity index (χ3v) is 7.21. The Kier molecular flexibility index (Phi) is 10.7. The van der Waals surface area contributed by atoms with Crippen molar-refractivity contribution in [2.45, 2.75) is 91.6 Å². The fourth-order valence-corrected chi connectivity index (χ4v) is 4.48. The van der Waals surface area contributed by atoms with Crippen LogP contribution in [0.15, 0.2) is 27.4 Å². The van der Waals surface area contributed by atoms with Gasteiger partial charge in [-0.15, -0.1) is 0 Å². The second-order valence-corrected chi connectivity index (χ2v) is 10.6. The van der Waals surface area contributed by atoms with Gasteiger partial charge in [0.05, 0.1) is 35.6 Å². The number of Topliss-reactive ketones (excluding diaryl/α,β-unsaturated/α-hetero) is 1. The highest BCUT2D eigenvalue weighted by molar-refractivity contribution is 6.32. The summed E-state index contributed by atoms with van der Waals surface area (Å²) in [5.74, 6) is -1.39. The van der Waals surface area contributed by atoms with Gasteiger partial charge < -0.3 is 25.1 Å². The smallest absolute Gasteiger partial charge is 0.309 e. The summed E-state index contributed by atoms with van der Waals surface area (Å²) in [4.78, 5) is 30.1. The second-order valence-electron chi connectivity index (χ2n) is 10.1. The number of aromatic nitrogens is 1. The molecule has 0 spiro atoms. The van der Waals surface area contributed by atoms with Crippen LogP contribution >= 0.6 is 11.6 Å². The highest BCUT2D eigenvalue weighted by Gasteiger charge is 2.42. The number of ether oxygens (including phenoxy) is 1. The van der Waals surface area contributed by atoms with Gasteiger partial charge in [0.25, 0.3) is 0 Å². The Morgan fingerprint density at radius 2 is 2.00 bits per heavy atom. The summed E-state index contributed by atoms with van der Waals surface area (Å²) in [5.41, 5.74) is 5.83. The number of aliphatic hydroxyl groups excluding tert-OH is 2. The quantitative estimate of drug-likeness (QED) is 0.408. The molecule has 35 heavy (non-hydrogen) atoms. The van der Waals surface area contributed by atoms with E-state index in [0.29, 0.717) is 18.0 Å². The molecule has 1 aromatic heterocycles. The van der Waals surface area contributed by atoms with Gasteiger partial charge in [0.2, 0.25) is 5.89 Å². The molecule has 9 heteroatoms. The lowest BCUT2D eigenvalue weighted by Crippen LogP contribution is -2.45. The standard InChI is InChI=1S/C26H39ClN2O6/c1-15-7-6-8-16(2)24(32)17(3)25(33)26(4,5)21(30)12-23(31)35-20(10-9-15)19(27)11-18-14-34-22(13-28)29-18/h9,11,14,16-17,20-21,24,30,32H,6-8,10,12-13,28H2,1-5H3/t16-,17+,20-,21-,24-/m0/s1. The molecular weight excluding hydrogens is 472 g/mol. The Hall–Kier alpha value is -2.00. The normalized spacial score (nSPS) is 30.0. The summed E-state index contributed by atoms with van der Waals surface area (Å²) in [6.07, 6.45) is 4.36. The van der Waals surface area contributed by atoms with E-state index in [9.17, 15) is 19.8 Å². The van der Waals surface area contributed by atoms with Crippen LogP contribution in [0.25, 0.3) is 6.08 Å². The molecule has 8 nitrogen and oxygen atoms in total. The van der Waals surface area contributed by atoms with Crippen LogP contribution in [-0.2, 0) is 20.9 Å². The zero-order valence-electron chi connectivity index (χ0n) is 21.3. The number of hydrogen-bond donors (Lipinski definition) is 3. The highest BCUT2D eigenvalue weighted by Crippen LogP contribution is 2.32. The molecule has 1 aromatic rings. The van der Waals surface area contributed by atoms with E-state index in [1.54, 1.807) is 26.8 Å². The molecule has 0 saturated carbocycles. The molecule has 0 bridgehead atoms. The maximum absolute atomic E-state index is 13.2. The molecule has 0 aromatic carbocycles. The van der Waals surface area contributed by atoms with E-state index < -0.39 is 35.6 Å². The molecule has 0 amide bonds. The number of nitrogens with zero attached hydrogens (tertiary/aromatic N) is 1. The summed E-state index contributed by atoms with van der Waals surface area (Å²) in [6.45, 7) is 8.90. The monoisotopic (exact) mass is 510 g/mol. The zero-order chi connectivity index (χ0) is 26.3. The Bertz CT molecular complexity index is 938. The van der Waals surface area contributed by atoms with Crippen molar-refractivity contribution in [1.82, 2.24) is 4.98 Å². The van der Waals surface area contributed by atoms with Crippen LogP contribution in [0.4, 0.5) is 0 Å². The van der Waals surface area contributed by atoms with Crippen LogP contribution in [0.5, 0.6) is 0 Å². The van der Waals surface area contributed by atoms with Gasteiger partial charge in [0.1, 0.15) is 23.8 Å². The molecule has 0 unspecified atom stereocenters. The largest absolute Gasteiger partial charge is 0.456 e. The Morgan fingerprint density at radius 1 is 1.31 bits per heavy atom. The predicted octanol–water partition coefficient (Wildman–Crippen LogP) is 4.12. The molecule has 0 saturated heterocycles. The molecule has 1 aliphatic heterocycles. The van der Waals surface area contributed by atoms with Crippen molar-refractivity contribution >= 4 is 29.4 Å². The molecule has 5 atom stereocenters. The minimum Gasteiger partial charge on any atom is -0.456 e. The number of carbonyl (C=O) groups is 2. The number of allylic oxidation sites excluding steroid dienone is 1. The number of oxazole rings is 1. The van der Waals surface area contributed by atoms with Crippen molar-refractivity contribution in [2.75, 3.05) is 0 Å². The van der Waals surface area contributed by atoms with Gasteiger partial charge in [0, 0.05) is 12.3 Å². The van der Waals surface area contributed by atoms with E-state index in [0.717, 1.165) is 24.8 Å². The van der Waals surface area contributed by atoms with Gasteiger partial charge in [-0.05, 0) is 38.2 Å². The van der Waals surface area contributed by atoms with E-state index in [2.05, 4.69) is 4.98 Å². The van der Waals surface area contributed by atoms with Crippen LogP contribution in [0.3, 0.4) is 0 Å². The SMILES string of the molecule is CC1=CC[C@@H](C(Cl)=Cc2coc(CN)n2)OC(=O)C[C@H](O)C(C)(C)C(=O)[C@H](C)[C@@H](O)[C@@H](C)CCC1. The topological polar surface area (TPSA) is 136 Å². The fourth-order valence-electron chi connectivity index (χ4n) is 4.24. The third-order valence-electron chi connectivity index (χ3n) is 6.86. The third kappa shape index (κ3) is 8.00. The van der Waals surface area contributed by atoms with Gasteiger partial charge in [-0.2, -0.15) is 0 Å².